The van der Waals surface area contributed by atoms with E-state index in [2.05, 4.69) is 62.5 Å². The lowest BCUT2D eigenvalue weighted by Gasteiger charge is -2.38. The molecule has 0 aromatic rings. The molecule has 11 heteroatoms. The first-order chi connectivity index (χ1) is 27.7. The van der Waals surface area contributed by atoms with Crippen LogP contribution in [0, 0.1) is 0 Å². The second-order valence-corrected chi connectivity index (χ2v) is 15.2. The van der Waals surface area contributed by atoms with Gasteiger partial charge in [0, 0.05) is 12.8 Å². The van der Waals surface area contributed by atoms with Gasteiger partial charge < -0.3 is 39.4 Å². The predicted octanol–water partition coefficient (Wildman–Crippen LogP) is 9.37. The van der Waals surface area contributed by atoms with E-state index < -0.39 is 61.3 Å². The number of allylic oxidation sites excluding steroid dienone is 8. The molecule has 4 N–H and O–H groups in total. The highest BCUT2D eigenvalue weighted by molar-refractivity contribution is 5.73. The number of unbranched alkanes of at least 4 members (excludes halogenated alkanes) is 17. The Bertz CT molecular complexity index is 1130. The Hall–Kier alpha value is -2.83. The van der Waals surface area contributed by atoms with Crippen molar-refractivity contribution >= 4 is 17.9 Å². The van der Waals surface area contributed by atoms with E-state index in [1.54, 1.807) is 0 Å². The summed E-state index contributed by atoms with van der Waals surface area (Å²) in [5, 5.41) is 39.8. The van der Waals surface area contributed by atoms with Crippen LogP contribution in [-0.2, 0) is 33.3 Å². The van der Waals surface area contributed by atoms with Crippen LogP contribution in [0.25, 0.3) is 0 Å². The molecule has 6 unspecified atom stereocenters. The molecule has 0 bridgehead atoms. The minimum Gasteiger partial charge on any atom is -0.479 e. The highest BCUT2D eigenvalue weighted by Gasteiger charge is 2.47. The number of carbonyl (C=O) groups excluding carboxylic acids is 2. The number of esters is 2. The third-order valence-electron chi connectivity index (χ3n) is 9.94. The van der Waals surface area contributed by atoms with E-state index in [9.17, 15) is 34.8 Å². The predicted molar refractivity (Wildman–Crippen MR) is 224 cm³/mol. The maximum atomic E-state index is 12.7. The van der Waals surface area contributed by atoms with Gasteiger partial charge in [0.2, 0.25) is 0 Å². The standard InChI is InChI=1S/C46H78O11/c1-3-5-7-9-11-13-15-17-18-19-20-21-22-23-25-26-28-30-32-34-39(47)54-36-38(37-55-46-43(51)41(49)42(50)44(57-46)45(52)53)56-40(48)35-33-31-29-27-24-16-14-12-10-8-6-4-2/h5,7,11,13,17-18,20-21,38,41-44,46,49-51H,3-4,6,8-10,12,14-16,19,22-37H2,1-2H3,(H,52,53)/b7-5-,13-11-,18-17-,21-20-. The largest absolute Gasteiger partial charge is 0.479 e. The van der Waals surface area contributed by atoms with E-state index in [1.165, 1.54) is 51.4 Å². The highest BCUT2D eigenvalue weighted by atomic mass is 16.7. The van der Waals surface area contributed by atoms with E-state index in [0.717, 1.165) is 83.5 Å². The van der Waals surface area contributed by atoms with Crippen LogP contribution in [0.5, 0.6) is 0 Å². The van der Waals surface area contributed by atoms with Crippen molar-refractivity contribution in [3.8, 4) is 0 Å². The van der Waals surface area contributed by atoms with E-state index in [4.69, 9.17) is 18.9 Å². The van der Waals surface area contributed by atoms with Gasteiger partial charge >= 0.3 is 17.9 Å². The molecule has 1 heterocycles. The van der Waals surface area contributed by atoms with Crippen LogP contribution < -0.4 is 0 Å². The number of ether oxygens (including phenoxy) is 4. The topological polar surface area (TPSA) is 169 Å². The number of aliphatic hydroxyl groups is 3. The molecule has 1 rings (SSSR count). The maximum absolute atomic E-state index is 12.7. The normalized spacial score (nSPS) is 20.6. The molecular formula is C46H78O11. The van der Waals surface area contributed by atoms with Crippen molar-refractivity contribution in [2.45, 2.75) is 211 Å². The molecule has 0 aromatic heterocycles. The van der Waals surface area contributed by atoms with Crippen molar-refractivity contribution in [1.29, 1.82) is 0 Å². The van der Waals surface area contributed by atoms with Crippen LogP contribution in [0.1, 0.15) is 174 Å². The first-order valence-corrected chi connectivity index (χ1v) is 22.2. The Morgan fingerprint density at radius 3 is 1.56 bits per heavy atom. The first-order valence-electron chi connectivity index (χ1n) is 22.2. The van der Waals surface area contributed by atoms with Crippen LogP contribution >= 0.6 is 0 Å². The number of rotatable bonds is 36. The molecule has 0 aliphatic carbocycles. The Kier molecular flexibility index (Phi) is 33.2. The molecule has 0 spiro atoms. The molecule has 6 atom stereocenters. The van der Waals surface area contributed by atoms with E-state index >= 15 is 0 Å². The fourth-order valence-electron chi connectivity index (χ4n) is 6.46. The Morgan fingerprint density at radius 1 is 0.561 bits per heavy atom. The number of aliphatic hydroxyl groups excluding tert-OH is 3. The second-order valence-electron chi connectivity index (χ2n) is 15.2. The molecule has 328 valence electrons. The zero-order chi connectivity index (χ0) is 41.8. The molecule has 0 amide bonds. The van der Waals surface area contributed by atoms with Crippen molar-refractivity contribution in [3.05, 3.63) is 48.6 Å². The van der Waals surface area contributed by atoms with Crippen LogP contribution in [0.3, 0.4) is 0 Å². The van der Waals surface area contributed by atoms with Gasteiger partial charge in [-0.3, -0.25) is 9.59 Å². The summed E-state index contributed by atoms with van der Waals surface area (Å²) in [5.41, 5.74) is 0. The van der Waals surface area contributed by atoms with Gasteiger partial charge in [0.15, 0.2) is 18.5 Å². The zero-order valence-electron chi connectivity index (χ0n) is 35.3. The second kappa shape index (κ2) is 36.3. The fourth-order valence-corrected chi connectivity index (χ4v) is 6.46. The van der Waals surface area contributed by atoms with E-state index in [1.807, 2.05) is 0 Å². The average Bonchev–Trinajstić information content (AvgIpc) is 3.19. The third kappa shape index (κ3) is 28.3. The summed E-state index contributed by atoms with van der Waals surface area (Å²) in [5.74, 6) is -2.46. The average molecular weight is 807 g/mol. The summed E-state index contributed by atoms with van der Waals surface area (Å²) in [6.07, 6.45) is 33.0. The zero-order valence-corrected chi connectivity index (χ0v) is 35.3. The number of hydrogen-bond donors (Lipinski definition) is 4. The highest BCUT2D eigenvalue weighted by Crippen LogP contribution is 2.23. The molecule has 1 aliphatic heterocycles. The van der Waals surface area contributed by atoms with Gasteiger partial charge in [0.1, 0.15) is 24.9 Å². The lowest BCUT2D eigenvalue weighted by Crippen LogP contribution is -2.60. The number of carbonyl (C=O) groups is 3. The lowest BCUT2D eigenvalue weighted by molar-refractivity contribution is -0.298. The van der Waals surface area contributed by atoms with Crippen LogP contribution in [-0.4, -0.2) is 88.4 Å². The van der Waals surface area contributed by atoms with Gasteiger partial charge in [0.05, 0.1) is 6.61 Å². The van der Waals surface area contributed by atoms with Crippen LogP contribution in [0.2, 0.25) is 0 Å². The number of aliphatic carboxylic acids is 1. The molecule has 57 heavy (non-hydrogen) atoms. The van der Waals surface area contributed by atoms with Crippen LogP contribution in [0.15, 0.2) is 48.6 Å². The van der Waals surface area contributed by atoms with E-state index in [0.29, 0.717) is 12.8 Å². The number of carboxylic acids is 1. The molecular weight excluding hydrogens is 728 g/mol. The van der Waals surface area contributed by atoms with Gasteiger partial charge in [-0.15, -0.1) is 0 Å². The van der Waals surface area contributed by atoms with Gasteiger partial charge in [-0.25, -0.2) is 4.79 Å². The number of carboxylic acid groups (broad SMARTS) is 1. The summed E-state index contributed by atoms with van der Waals surface area (Å²) in [7, 11) is 0. The Labute approximate surface area is 344 Å². The molecule has 0 aromatic carbocycles. The Morgan fingerprint density at radius 2 is 1.04 bits per heavy atom. The smallest absolute Gasteiger partial charge is 0.335 e. The number of hydrogen-bond acceptors (Lipinski definition) is 10. The van der Waals surface area contributed by atoms with Crippen molar-refractivity contribution < 1.29 is 53.8 Å². The van der Waals surface area contributed by atoms with Gasteiger partial charge in [-0.2, -0.15) is 0 Å². The van der Waals surface area contributed by atoms with Crippen LogP contribution in [0.4, 0.5) is 0 Å². The summed E-state index contributed by atoms with van der Waals surface area (Å²) in [6, 6.07) is 0. The van der Waals surface area contributed by atoms with Crippen molar-refractivity contribution in [1.82, 2.24) is 0 Å². The van der Waals surface area contributed by atoms with Crippen molar-refractivity contribution in [2.24, 2.45) is 0 Å². The van der Waals surface area contributed by atoms with Gasteiger partial charge in [0.25, 0.3) is 0 Å². The summed E-state index contributed by atoms with van der Waals surface area (Å²) in [4.78, 5) is 36.8. The van der Waals surface area contributed by atoms with Gasteiger partial charge in [-0.05, 0) is 51.4 Å². The summed E-state index contributed by atoms with van der Waals surface area (Å²) in [6.45, 7) is 3.68. The monoisotopic (exact) mass is 807 g/mol. The van der Waals surface area contributed by atoms with Gasteiger partial charge in [-0.1, -0.05) is 159 Å². The molecule has 1 fully saturated rings. The molecule has 0 radical (unpaired) electrons. The third-order valence-corrected chi connectivity index (χ3v) is 9.94. The van der Waals surface area contributed by atoms with E-state index in [-0.39, 0.29) is 19.4 Å². The van der Waals surface area contributed by atoms with Crippen molar-refractivity contribution in [2.75, 3.05) is 13.2 Å². The summed E-state index contributed by atoms with van der Waals surface area (Å²) >= 11 is 0. The first kappa shape index (κ1) is 52.2. The molecule has 0 saturated carbocycles. The minimum atomic E-state index is -1.86. The maximum Gasteiger partial charge on any atom is 0.335 e. The SMILES string of the molecule is CC/C=C\C/C=C\C/C=C\C/C=C\CCCCCCCCC(=O)OCC(COC1OC(C(=O)O)C(O)C(O)C1O)OC(=O)CCCCCCCCCCCCCC. The fraction of sp³-hybridized carbons (Fsp3) is 0.761. The van der Waals surface area contributed by atoms with Crippen molar-refractivity contribution in [3.63, 3.8) is 0 Å². The molecule has 1 saturated heterocycles. The lowest BCUT2D eigenvalue weighted by atomic mass is 9.99. The Balaban J connectivity index is 2.37. The molecule has 1 aliphatic rings. The quantitative estimate of drug-likeness (QED) is 0.0270. The summed E-state index contributed by atoms with van der Waals surface area (Å²) < 4.78 is 21.7. The molecule has 11 nitrogen and oxygen atoms in total. The minimum absolute atomic E-state index is 0.180.